The van der Waals surface area contributed by atoms with E-state index in [-0.39, 0.29) is 11.5 Å². The number of rotatable bonds is 2. The molecule has 1 heterocycles. The SMILES string of the molecule is O=C(O)c1ccc2nc(-c3cc(F)cc(Br)c3)oc2c1. The van der Waals surface area contributed by atoms with Crippen molar-refractivity contribution in [3.05, 3.63) is 52.3 Å². The zero-order valence-electron chi connectivity index (χ0n) is 9.93. The summed E-state index contributed by atoms with van der Waals surface area (Å²) in [5.41, 5.74) is 1.45. The van der Waals surface area contributed by atoms with Crippen LogP contribution in [0.25, 0.3) is 22.6 Å². The van der Waals surface area contributed by atoms with Crippen molar-refractivity contribution in [2.75, 3.05) is 0 Å². The highest BCUT2D eigenvalue weighted by Crippen LogP contribution is 2.27. The second-order valence-corrected chi connectivity index (χ2v) is 5.08. The summed E-state index contributed by atoms with van der Waals surface area (Å²) in [6.07, 6.45) is 0. The fraction of sp³-hybridized carbons (Fsp3) is 0. The molecule has 0 atom stereocenters. The Morgan fingerprint density at radius 1 is 1.25 bits per heavy atom. The van der Waals surface area contributed by atoms with Crippen LogP contribution in [0, 0.1) is 5.82 Å². The molecule has 0 aliphatic heterocycles. The molecule has 6 heteroatoms. The van der Waals surface area contributed by atoms with Crippen LogP contribution in [0.2, 0.25) is 0 Å². The summed E-state index contributed by atoms with van der Waals surface area (Å²) in [5.74, 6) is -1.22. The van der Waals surface area contributed by atoms with Gasteiger partial charge in [0.1, 0.15) is 11.3 Å². The van der Waals surface area contributed by atoms with Crippen LogP contribution in [0.4, 0.5) is 4.39 Å². The van der Waals surface area contributed by atoms with E-state index in [9.17, 15) is 9.18 Å². The number of aromatic nitrogens is 1. The second-order valence-electron chi connectivity index (χ2n) is 4.16. The molecule has 0 unspecified atom stereocenters. The van der Waals surface area contributed by atoms with E-state index in [1.807, 2.05) is 0 Å². The van der Waals surface area contributed by atoms with Crippen LogP contribution in [0.3, 0.4) is 0 Å². The Morgan fingerprint density at radius 3 is 2.75 bits per heavy atom. The van der Waals surface area contributed by atoms with Crippen molar-refractivity contribution in [1.82, 2.24) is 4.98 Å². The Kier molecular flexibility index (Phi) is 3.02. The Balaban J connectivity index is 2.15. The van der Waals surface area contributed by atoms with Crippen molar-refractivity contribution < 1.29 is 18.7 Å². The van der Waals surface area contributed by atoms with E-state index in [0.29, 0.717) is 21.1 Å². The van der Waals surface area contributed by atoms with Crippen LogP contribution in [-0.4, -0.2) is 16.1 Å². The molecule has 0 aliphatic carbocycles. The molecule has 3 aromatic rings. The predicted octanol–water partition coefficient (Wildman–Crippen LogP) is 4.09. The molecular weight excluding hydrogens is 329 g/mol. The largest absolute Gasteiger partial charge is 0.478 e. The number of carboxylic acids is 1. The van der Waals surface area contributed by atoms with Gasteiger partial charge in [0.05, 0.1) is 5.56 Å². The summed E-state index contributed by atoms with van der Waals surface area (Å²) in [4.78, 5) is 15.1. The van der Waals surface area contributed by atoms with Gasteiger partial charge in [0.2, 0.25) is 5.89 Å². The molecule has 100 valence electrons. The maximum absolute atomic E-state index is 13.4. The van der Waals surface area contributed by atoms with Crippen LogP contribution in [0.5, 0.6) is 0 Å². The predicted molar refractivity (Wildman–Crippen MR) is 74.1 cm³/mol. The normalized spacial score (nSPS) is 10.9. The van der Waals surface area contributed by atoms with Gasteiger partial charge in [-0.15, -0.1) is 0 Å². The van der Waals surface area contributed by atoms with E-state index in [1.54, 1.807) is 12.1 Å². The number of fused-ring (bicyclic) bond motifs is 1. The molecule has 0 amide bonds. The number of halogens is 2. The molecule has 0 spiro atoms. The molecule has 0 radical (unpaired) electrons. The number of oxazole rings is 1. The third kappa shape index (κ3) is 2.30. The minimum absolute atomic E-state index is 0.112. The maximum atomic E-state index is 13.4. The lowest BCUT2D eigenvalue weighted by atomic mass is 10.2. The minimum Gasteiger partial charge on any atom is -0.478 e. The van der Waals surface area contributed by atoms with E-state index < -0.39 is 11.8 Å². The number of nitrogens with zero attached hydrogens (tertiary/aromatic N) is 1. The van der Waals surface area contributed by atoms with Crippen molar-refractivity contribution in [2.24, 2.45) is 0 Å². The van der Waals surface area contributed by atoms with E-state index in [0.717, 1.165) is 0 Å². The van der Waals surface area contributed by atoms with Gasteiger partial charge in [-0.3, -0.25) is 0 Å². The van der Waals surface area contributed by atoms with E-state index in [1.165, 1.54) is 24.3 Å². The van der Waals surface area contributed by atoms with Crippen molar-refractivity contribution in [2.45, 2.75) is 0 Å². The van der Waals surface area contributed by atoms with Gasteiger partial charge >= 0.3 is 5.97 Å². The first kappa shape index (κ1) is 12.8. The van der Waals surface area contributed by atoms with Gasteiger partial charge in [0.25, 0.3) is 0 Å². The third-order valence-electron chi connectivity index (χ3n) is 2.74. The first-order valence-electron chi connectivity index (χ1n) is 5.63. The average molecular weight is 336 g/mol. The monoisotopic (exact) mass is 335 g/mol. The lowest BCUT2D eigenvalue weighted by molar-refractivity contribution is 0.0697. The lowest BCUT2D eigenvalue weighted by Gasteiger charge is -1.97. The quantitative estimate of drug-likeness (QED) is 0.765. The van der Waals surface area contributed by atoms with Crippen LogP contribution < -0.4 is 0 Å². The standard InChI is InChI=1S/C14H7BrFNO3/c15-9-3-8(4-10(16)6-9)13-17-11-2-1-7(14(18)19)5-12(11)20-13/h1-6H,(H,18,19). The molecule has 20 heavy (non-hydrogen) atoms. The van der Waals surface area contributed by atoms with Crippen LogP contribution in [0.1, 0.15) is 10.4 Å². The molecule has 0 saturated heterocycles. The number of hydrogen-bond donors (Lipinski definition) is 1. The fourth-order valence-corrected chi connectivity index (χ4v) is 2.32. The van der Waals surface area contributed by atoms with Crippen molar-refractivity contribution in [3.63, 3.8) is 0 Å². The molecule has 0 fully saturated rings. The first-order chi connectivity index (χ1) is 9.52. The summed E-state index contributed by atoms with van der Waals surface area (Å²) in [7, 11) is 0. The molecule has 1 N–H and O–H groups in total. The highest BCUT2D eigenvalue weighted by atomic mass is 79.9. The zero-order valence-corrected chi connectivity index (χ0v) is 11.5. The minimum atomic E-state index is -1.04. The van der Waals surface area contributed by atoms with Crippen molar-refractivity contribution >= 4 is 33.0 Å². The van der Waals surface area contributed by atoms with Gasteiger partial charge in [-0.2, -0.15) is 0 Å². The molecule has 2 aromatic carbocycles. The Labute approximate surface area is 121 Å². The molecule has 4 nitrogen and oxygen atoms in total. The number of carboxylic acid groups (broad SMARTS) is 1. The molecule has 1 aromatic heterocycles. The Hall–Kier alpha value is -2.21. The summed E-state index contributed by atoms with van der Waals surface area (Å²) in [6, 6.07) is 8.69. The molecule has 3 rings (SSSR count). The fourth-order valence-electron chi connectivity index (χ4n) is 1.86. The third-order valence-corrected chi connectivity index (χ3v) is 3.20. The molecule has 0 saturated carbocycles. The molecule has 0 aliphatic rings. The highest BCUT2D eigenvalue weighted by Gasteiger charge is 2.12. The van der Waals surface area contributed by atoms with Gasteiger partial charge in [-0.25, -0.2) is 14.2 Å². The highest BCUT2D eigenvalue weighted by molar-refractivity contribution is 9.10. The molecule has 0 bridgehead atoms. The summed E-state index contributed by atoms with van der Waals surface area (Å²) >= 11 is 3.20. The first-order valence-corrected chi connectivity index (χ1v) is 6.42. The van der Waals surface area contributed by atoms with Crippen LogP contribution >= 0.6 is 15.9 Å². The summed E-state index contributed by atoms with van der Waals surface area (Å²) < 4.78 is 19.4. The van der Waals surface area contributed by atoms with E-state index >= 15 is 0 Å². The number of carbonyl (C=O) groups is 1. The molecular formula is C14H7BrFNO3. The number of hydrogen-bond acceptors (Lipinski definition) is 3. The maximum Gasteiger partial charge on any atom is 0.335 e. The van der Waals surface area contributed by atoms with Gasteiger partial charge in [0, 0.05) is 10.0 Å². The Bertz CT molecular complexity index is 808. The van der Waals surface area contributed by atoms with E-state index in [4.69, 9.17) is 9.52 Å². The summed E-state index contributed by atoms with van der Waals surface area (Å²) in [5, 5.41) is 8.92. The lowest BCUT2D eigenvalue weighted by Crippen LogP contribution is -1.94. The smallest absolute Gasteiger partial charge is 0.335 e. The Morgan fingerprint density at radius 2 is 2.05 bits per heavy atom. The van der Waals surface area contributed by atoms with Gasteiger partial charge in [-0.05, 0) is 36.4 Å². The van der Waals surface area contributed by atoms with Gasteiger partial charge in [-0.1, -0.05) is 15.9 Å². The second kappa shape index (κ2) is 4.72. The van der Waals surface area contributed by atoms with Gasteiger partial charge < -0.3 is 9.52 Å². The van der Waals surface area contributed by atoms with Crippen molar-refractivity contribution in [1.29, 1.82) is 0 Å². The van der Waals surface area contributed by atoms with Crippen molar-refractivity contribution in [3.8, 4) is 11.5 Å². The van der Waals surface area contributed by atoms with Crippen LogP contribution in [0.15, 0.2) is 45.3 Å². The topological polar surface area (TPSA) is 63.3 Å². The van der Waals surface area contributed by atoms with E-state index in [2.05, 4.69) is 20.9 Å². The average Bonchev–Trinajstić information content (AvgIpc) is 2.80. The van der Waals surface area contributed by atoms with Gasteiger partial charge in [0.15, 0.2) is 5.58 Å². The van der Waals surface area contributed by atoms with Crippen LogP contribution in [-0.2, 0) is 0 Å². The number of aromatic carboxylic acids is 1. The zero-order chi connectivity index (χ0) is 14.3. The summed E-state index contributed by atoms with van der Waals surface area (Å²) in [6.45, 7) is 0. The number of benzene rings is 2.